The van der Waals surface area contributed by atoms with Gasteiger partial charge in [-0.2, -0.15) is 0 Å². The molecule has 3 aromatic rings. The summed E-state index contributed by atoms with van der Waals surface area (Å²) in [5.41, 5.74) is 2.68. The third kappa shape index (κ3) is 4.89. The smallest absolute Gasteiger partial charge is 0.224 e. The molecule has 0 aliphatic carbocycles. The van der Waals surface area contributed by atoms with E-state index in [0.717, 1.165) is 34.6 Å². The molecule has 0 atom stereocenters. The van der Waals surface area contributed by atoms with Crippen LogP contribution in [0.4, 0.5) is 5.69 Å². The topological polar surface area (TPSA) is 71.1 Å². The highest BCUT2D eigenvalue weighted by Gasteiger charge is 2.07. The number of anilines is 1. The number of aryl methyl sites for hydroxylation is 1. The van der Waals surface area contributed by atoms with Crippen molar-refractivity contribution in [1.29, 1.82) is 0 Å². The van der Waals surface area contributed by atoms with E-state index in [9.17, 15) is 9.59 Å². The molecular weight excluding hydrogens is 346 g/mol. The van der Waals surface area contributed by atoms with E-state index in [1.165, 1.54) is 4.70 Å². The van der Waals surface area contributed by atoms with Crippen molar-refractivity contribution in [3.05, 3.63) is 59.1 Å². The molecule has 0 radical (unpaired) electrons. The number of aromatic nitrogens is 1. The molecule has 5 nitrogen and oxygen atoms in total. The van der Waals surface area contributed by atoms with Crippen molar-refractivity contribution in [3.8, 4) is 0 Å². The number of carbonyl (C=O) groups is 2. The van der Waals surface area contributed by atoms with Crippen molar-refractivity contribution in [2.45, 2.75) is 25.7 Å². The van der Waals surface area contributed by atoms with Gasteiger partial charge in [-0.1, -0.05) is 24.3 Å². The third-order valence-electron chi connectivity index (χ3n) is 4.01. The van der Waals surface area contributed by atoms with E-state index in [1.54, 1.807) is 18.4 Å². The maximum atomic E-state index is 12.1. The van der Waals surface area contributed by atoms with E-state index in [2.05, 4.69) is 21.7 Å². The lowest BCUT2D eigenvalue weighted by Crippen LogP contribution is -2.19. The van der Waals surface area contributed by atoms with Crippen LogP contribution in [0.1, 0.15) is 23.4 Å². The summed E-state index contributed by atoms with van der Waals surface area (Å²) in [6.45, 7) is 0. The molecular formula is C20H21N3O2S. The molecule has 0 unspecified atom stereocenters. The first-order valence-electron chi connectivity index (χ1n) is 8.58. The maximum Gasteiger partial charge on any atom is 0.224 e. The fourth-order valence-corrected chi connectivity index (χ4v) is 3.64. The molecule has 0 bridgehead atoms. The van der Waals surface area contributed by atoms with Gasteiger partial charge in [-0.25, -0.2) is 4.98 Å². The Kier molecular flexibility index (Phi) is 5.96. The van der Waals surface area contributed by atoms with Crippen molar-refractivity contribution in [1.82, 2.24) is 10.3 Å². The number of thiazole rings is 1. The van der Waals surface area contributed by atoms with Gasteiger partial charge in [0.05, 0.1) is 21.6 Å². The first-order valence-corrected chi connectivity index (χ1v) is 9.39. The Morgan fingerprint density at radius 3 is 2.54 bits per heavy atom. The van der Waals surface area contributed by atoms with E-state index in [-0.39, 0.29) is 11.8 Å². The molecule has 0 saturated carbocycles. The number of fused-ring (bicyclic) bond motifs is 1. The van der Waals surface area contributed by atoms with Crippen molar-refractivity contribution >= 4 is 39.1 Å². The summed E-state index contributed by atoms with van der Waals surface area (Å²) in [6.07, 6.45) is 2.36. The molecule has 0 spiro atoms. The van der Waals surface area contributed by atoms with Crippen molar-refractivity contribution < 1.29 is 9.59 Å². The predicted octanol–water partition coefficient (Wildman–Crippen LogP) is 3.55. The van der Waals surface area contributed by atoms with Crippen LogP contribution in [0.2, 0.25) is 0 Å². The SMILES string of the molecule is CNC(=O)Cc1ccc(NC(=O)CCCc2nc3ccccc3s2)cc1. The largest absolute Gasteiger partial charge is 0.359 e. The van der Waals surface area contributed by atoms with Crippen LogP contribution in [0.25, 0.3) is 10.2 Å². The van der Waals surface area contributed by atoms with E-state index >= 15 is 0 Å². The highest BCUT2D eigenvalue weighted by atomic mass is 32.1. The molecule has 26 heavy (non-hydrogen) atoms. The summed E-state index contributed by atoms with van der Waals surface area (Å²) in [6, 6.07) is 15.4. The minimum atomic E-state index is -0.0309. The summed E-state index contributed by atoms with van der Waals surface area (Å²) in [5.74, 6) is -0.0400. The van der Waals surface area contributed by atoms with Gasteiger partial charge in [0.15, 0.2) is 0 Å². The minimum absolute atomic E-state index is 0.00911. The van der Waals surface area contributed by atoms with Crippen LogP contribution in [-0.4, -0.2) is 23.8 Å². The first kappa shape index (κ1) is 18.1. The van der Waals surface area contributed by atoms with E-state index in [4.69, 9.17) is 0 Å². The quantitative estimate of drug-likeness (QED) is 0.671. The van der Waals surface area contributed by atoms with Gasteiger partial charge in [-0.3, -0.25) is 9.59 Å². The van der Waals surface area contributed by atoms with E-state index in [1.807, 2.05) is 42.5 Å². The predicted molar refractivity (Wildman–Crippen MR) is 105 cm³/mol. The average Bonchev–Trinajstić information content (AvgIpc) is 3.06. The molecule has 0 fully saturated rings. The lowest BCUT2D eigenvalue weighted by atomic mass is 10.1. The number of para-hydroxylation sites is 1. The van der Waals surface area contributed by atoms with Crippen LogP contribution in [0.15, 0.2) is 48.5 Å². The second-order valence-corrected chi connectivity index (χ2v) is 7.14. The Labute approximate surface area is 156 Å². The molecule has 2 amide bonds. The fourth-order valence-electron chi connectivity index (χ4n) is 2.63. The summed E-state index contributed by atoms with van der Waals surface area (Å²) in [4.78, 5) is 28.0. The van der Waals surface area contributed by atoms with Crippen LogP contribution in [-0.2, 0) is 22.4 Å². The monoisotopic (exact) mass is 367 g/mol. The molecule has 2 aromatic carbocycles. The number of hydrogen-bond donors (Lipinski definition) is 2. The van der Waals surface area contributed by atoms with Crippen LogP contribution < -0.4 is 10.6 Å². The summed E-state index contributed by atoms with van der Waals surface area (Å²) >= 11 is 1.69. The Balaban J connectivity index is 1.45. The number of likely N-dealkylation sites (N-methyl/N-ethyl adjacent to an activating group) is 1. The molecule has 0 aliphatic heterocycles. The highest BCUT2D eigenvalue weighted by molar-refractivity contribution is 7.18. The molecule has 1 heterocycles. The number of hydrogen-bond acceptors (Lipinski definition) is 4. The second-order valence-electron chi connectivity index (χ2n) is 6.02. The van der Waals surface area contributed by atoms with Crippen molar-refractivity contribution in [2.75, 3.05) is 12.4 Å². The molecule has 3 rings (SSSR count). The number of carbonyl (C=O) groups excluding carboxylic acids is 2. The van der Waals surface area contributed by atoms with Gasteiger partial charge < -0.3 is 10.6 Å². The zero-order chi connectivity index (χ0) is 18.4. The first-order chi connectivity index (χ1) is 12.6. The van der Waals surface area contributed by atoms with Gasteiger partial charge >= 0.3 is 0 Å². The van der Waals surface area contributed by atoms with Gasteiger partial charge in [0.2, 0.25) is 11.8 Å². The maximum absolute atomic E-state index is 12.1. The molecule has 1 aromatic heterocycles. The van der Waals surface area contributed by atoms with E-state index < -0.39 is 0 Å². The number of nitrogens with one attached hydrogen (secondary N) is 2. The van der Waals surface area contributed by atoms with Gasteiger partial charge in [0.25, 0.3) is 0 Å². The van der Waals surface area contributed by atoms with Crippen molar-refractivity contribution in [3.63, 3.8) is 0 Å². The van der Waals surface area contributed by atoms with Crippen LogP contribution >= 0.6 is 11.3 Å². The van der Waals surface area contributed by atoms with E-state index in [0.29, 0.717) is 12.8 Å². The normalized spacial score (nSPS) is 10.7. The number of amides is 2. The standard InChI is InChI=1S/C20H21N3O2S/c1-21-19(25)13-14-9-11-15(12-10-14)22-18(24)7-4-8-20-23-16-5-2-3-6-17(16)26-20/h2-3,5-6,9-12H,4,7-8,13H2,1H3,(H,21,25)(H,22,24). The average molecular weight is 367 g/mol. The lowest BCUT2D eigenvalue weighted by molar-refractivity contribution is -0.120. The van der Waals surface area contributed by atoms with Gasteiger partial charge in [0.1, 0.15) is 0 Å². The van der Waals surface area contributed by atoms with Crippen LogP contribution in [0.5, 0.6) is 0 Å². The minimum Gasteiger partial charge on any atom is -0.359 e. The summed E-state index contributed by atoms with van der Waals surface area (Å²) in [7, 11) is 1.62. The van der Waals surface area contributed by atoms with Gasteiger partial charge in [-0.15, -0.1) is 11.3 Å². The number of benzene rings is 2. The van der Waals surface area contributed by atoms with Gasteiger partial charge in [-0.05, 0) is 42.7 Å². The number of rotatable bonds is 7. The zero-order valence-corrected chi connectivity index (χ0v) is 15.4. The number of nitrogens with zero attached hydrogens (tertiary/aromatic N) is 1. The van der Waals surface area contributed by atoms with Crippen molar-refractivity contribution in [2.24, 2.45) is 0 Å². The molecule has 2 N–H and O–H groups in total. The Hall–Kier alpha value is -2.73. The lowest BCUT2D eigenvalue weighted by Gasteiger charge is -2.06. The zero-order valence-electron chi connectivity index (χ0n) is 14.6. The molecule has 0 saturated heterocycles. The van der Waals surface area contributed by atoms with Crippen LogP contribution in [0, 0.1) is 0 Å². The molecule has 6 heteroatoms. The molecule has 0 aliphatic rings. The Morgan fingerprint density at radius 2 is 1.81 bits per heavy atom. The summed E-state index contributed by atoms with van der Waals surface area (Å²) in [5, 5.41) is 6.55. The molecule has 134 valence electrons. The highest BCUT2D eigenvalue weighted by Crippen LogP contribution is 2.22. The second kappa shape index (κ2) is 8.58. The summed E-state index contributed by atoms with van der Waals surface area (Å²) < 4.78 is 1.18. The van der Waals surface area contributed by atoms with Gasteiger partial charge in [0, 0.05) is 19.2 Å². The Bertz CT molecular complexity index is 870. The third-order valence-corrected chi connectivity index (χ3v) is 5.11. The van der Waals surface area contributed by atoms with Crippen LogP contribution in [0.3, 0.4) is 0 Å². The fraction of sp³-hybridized carbons (Fsp3) is 0.250. The Morgan fingerprint density at radius 1 is 1.04 bits per heavy atom.